The number of benzene rings is 1. The molecule has 0 aromatic heterocycles. The Morgan fingerprint density at radius 2 is 1.89 bits per heavy atom. The Bertz CT molecular complexity index is 820. The zero-order chi connectivity index (χ0) is 20.4. The van der Waals surface area contributed by atoms with E-state index in [-0.39, 0.29) is 18.7 Å². The molecule has 1 aromatic rings. The zero-order valence-corrected chi connectivity index (χ0v) is 16.4. The molecule has 2 N–H and O–H groups in total. The average Bonchev–Trinajstić information content (AvgIpc) is 2.89. The van der Waals surface area contributed by atoms with E-state index in [1.54, 1.807) is 12.1 Å². The van der Waals surface area contributed by atoms with Crippen LogP contribution in [-0.2, 0) is 16.1 Å². The molecule has 2 aliphatic rings. The number of rotatable bonds is 7. The highest BCUT2D eigenvalue weighted by atomic mass is 16.2. The highest BCUT2D eigenvalue weighted by Crippen LogP contribution is 2.28. The van der Waals surface area contributed by atoms with Crippen molar-refractivity contribution >= 4 is 23.6 Å². The van der Waals surface area contributed by atoms with E-state index < -0.39 is 23.8 Å². The van der Waals surface area contributed by atoms with Crippen LogP contribution in [0.5, 0.6) is 0 Å². The molecule has 28 heavy (non-hydrogen) atoms. The minimum atomic E-state index is -0.934. The topological polar surface area (TPSA) is 98.8 Å². The number of likely N-dealkylation sites (N-methyl/N-ethyl adjacent to an activating group) is 1. The van der Waals surface area contributed by atoms with Gasteiger partial charge in [-0.05, 0) is 45.0 Å². The van der Waals surface area contributed by atoms with Gasteiger partial charge in [-0.25, -0.2) is 0 Å². The van der Waals surface area contributed by atoms with Gasteiger partial charge in [0.05, 0.1) is 11.1 Å². The number of nitrogens with zero attached hydrogens (tertiary/aromatic N) is 2. The molecule has 1 aromatic carbocycles. The maximum absolute atomic E-state index is 12.9. The van der Waals surface area contributed by atoms with Crippen molar-refractivity contribution in [1.29, 1.82) is 0 Å². The third-order valence-electron chi connectivity index (χ3n) is 5.27. The van der Waals surface area contributed by atoms with Crippen molar-refractivity contribution < 1.29 is 19.2 Å². The van der Waals surface area contributed by atoms with Crippen LogP contribution in [0.15, 0.2) is 18.2 Å². The molecular weight excluding hydrogens is 360 g/mol. The molecule has 0 spiro atoms. The number of carbonyl (C=O) groups excluding carboxylic acids is 4. The van der Waals surface area contributed by atoms with Gasteiger partial charge in [-0.15, -0.1) is 0 Å². The number of hydrogen-bond donors (Lipinski definition) is 2. The van der Waals surface area contributed by atoms with Gasteiger partial charge in [0, 0.05) is 32.1 Å². The Morgan fingerprint density at radius 1 is 1.18 bits per heavy atom. The molecule has 1 fully saturated rings. The van der Waals surface area contributed by atoms with Gasteiger partial charge in [-0.2, -0.15) is 0 Å². The number of carbonyl (C=O) groups is 4. The first-order valence-corrected chi connectivity index (χ1v) is 9.56. The van der Waals surface area contributed by atoms with E-state index in [0.29, 0.717) is 23.7 Å². The number of fused-ring (bicyclic) bond motifs is 1. The van der Waals surface area contributed by atoms with Gasteiger partial charge in [-0.3, -0.25) is 34.3 Å². The van der Waals surface area contributed by atoms with Crippen LogP contribution in [0.25, 0.3) is 0 Å². The van der Waals surface area contributed by atoms with Crippen LogP contribution in [0.2, 0.25) is 0 Å². The predicted octanol–water partition coefficient (Wildman–Crippen LogP) is 0.518. The van der Waals surface area contributed by atoms with Gasteiger partial charge < -0.3 is 5.32 Å². The molecule has 1 atom stereocenters. The van der Waals surface area contributed by atoms with Gasteiger partial charge in [0.15, 0.2) is 0 Å². The molecule has 2 heterocycles. The molecule has 150 valence electrons. The maximum atomic E-state index is 12.9. The Balaban J connectivity index is 1.81. The first-order chi connectivity index (χ1) is 13.3. The normalized spacial score (nSPS) is 19.6. The Labute approximate surface area is 164 Å². The minimum Gasteiger partial charge on any atom is -0.318 e. The summed E-state index contributed by atoms with van der Waals surface area (Å²) < 4.78 is 0. The van der Waals surface area contributed by atoms with Crippen LogP contribution in [0.4, 0.5) is 0 Å². The van der Waals surface area contributed by atoms with E-state index in [4.69, 9.17) is 0 Å². The first kappa shape index (κ1) is 20.2. The summed E-state index contributed by atoms with van der Waals surface area (Å²) in [6, 6.07) is 4.66. The van der Waals surface area contributed by atoms with Crippen molar-refractivity contribution in [2.45, 2.75) is 45.3 Å². The van der Waals surface area contributed by atoms with Crippen LogP contribution >= 0.6 is 0 Å². The molecule has 0 bridgehead atoms. The highest BCUT2D eigenvalue weighted by molar-refractivity contribution is 6.23. The first-order valence-electron chi connectivity index (χ1n) is 9.56. The molecule has 4 amide bonds. The monoisotopic (exact) mass is 386 g/mol. The van der Waals surface area contributed by atoms with E-state index in [9.17, 15) is 19.2 Å². The number of nitrogens with one attached hydrogen (secondary N) is 2. The average molecular weight is 386 g/mol. The Hall–Kier alpha value is -2.58. The minimum absolute atomic E-state index is 0.115. The summed E-state index contributed by atoms with van der Waals surface area (Å²) in [4.78, 5) is 52.4. The van der Waals surface area contributed by atoms with Crippen LogP contribution in [0.1, 0.15) is 53.0 Å². The number of piperidine rings is 1. The second-order valence-electron chi connectivity index (χ2n) is 7.49. The third kappa shape index (κ3) is 3.83. The maximum Gasteiger partial charge on any atom is 0.262 e. The molecule has 8 nitrogen and oxygen atoms in total. The van der Waals surface area contributed by atoms with Crippen LogP contribution in [-0.4, -0.2) is 65.6 Å². The molecule has 1 unspecified atom stereocenters. The van der Waals surface area contributed by atoms with E-state index in [1.807, 2.05) is 13.1 Å². The molecule has 1 saturated heterocycles. The fourth-order valence-corrected chi connectivity index (χ4v) is 3.63. The molecule has 0 aliphatic carbocycles. The lowest BCUT2D eigenvalue weighted by Gasteiger charge is -2.27. The zero-order valence-electron chi connectivity index (χ0n) is 16.4. The van der Waals surface area contributed by atoms with Crippen molar-refractivity contribution in [1.82, 2.24) is 20.4 Å². The fourth-order valence-electron chi connectivity index (χ4n) is 3.63. The molecular formula is C20H26N4O4. The van der Waals surface area contributed by atoms with Crippen LogP contribution in [0.3, 0.4) is 0 Å². The summed E-state index contributed by atoms with van der Waals surface area (Å²) in [6.07, 6.45) is 0.276. The third-order valence-corrected chi connectivity index (χ3v) is 5.27. The summed E-state index contributed by atoms with van der Waals surface area (Å²) in [5, 5.41) is 5.34. The predicted molar refractivity (Wildman–Crippen MR) is 103 cm³/mol. The SMILES string of the molecule is CNCCN(Cc1ccc2c(c1)C(=O)N(C1CCC(=O)NC1=O)C2=O)C(C)C. The summed E-state index contributed by atoms with van der Waals surface area (Å²) in [5.74, 6) is -1.92. The number of hydrogen-bond acceptors (Lipinski definition) is 6. The lowest BCUT2D eigenvalue weighted by atomic mass is 10.0. The van der Waals surface area contributed by atoms with Crippen molar-refractivity contribution in [3.8, 4) is 0 Å². The second kappa shape index (κ2) is 8.20. The lowest BCUT2D eigenvalue weighted by molar-refractivity contribution is -0.136. The Kier molecular flexibility index (Phi) is 5.90. The Morgan fingerprint density at radius 3 is 2.54 bits per heavy atom. The largest absolute Gasteiger partial charge is 0.318 e. The quantitative estimate of drug-likeness (QED) is 0.663. The standard InChI is InChI=1S/C20H26N4O4/c1-12(2)23(9-8-21-3)11-13-4-5-14-15(10-13)20(28)24(19(14)27)16-6-7-17(25)22-18(16)26/h4-5,10,12,16,21H,6-9,11H2,1-3H3,(H,22,25,26). The van der Waals surface area contributed by atoms with E-state index in [0.717, 1.165) is 23.6 Å². The highest BCUT2D eigenvalue weighted by Gasteiger charge is 2.44. The lowest BCUT2D eigenvalue weighted by Crippen LogP contribution is -2.54. The summed E-state index contributed by atoms with van der Waals surface area (Å²) in [5.41, 5.74) is 1.57. The van der Waals surface area contributed by atoms with E-state index in [1.165, 1.54) is 0 Å². The van der Waals surface area contributed by atoms with Crippen LogP contribution in [0, 0.1) is 0 Å². The molecule has 0 radical (unpaired) electrons. The number of amides is 4. The molecule has 0 saturated carbocycles. The van der Waals surface area contributed by atoms with Crippen molar-refractivity contribution in [2.24, 2.45) is 0 Å². The molecule has 8 heteroatoms. The van der Waals surface area contributed by atoms with Gasteiger partial charge in [0.25, 0.3) is 11.8 Å². The van der Waals surface area contributed by atoms with E-state index >= 15 is 0 Å². The van der Waals surface area contributed by atoms with Gasteiger partial charge in [-0.1, -0.05) is 6.07 Å². The van der Waals surface area contributed by atoms with E-state index in [2.05, 4.69) is 29.4 Å². The van der Waals surface area contributed by atoms with Crippen molar-refractivity contribution in [2.75, 3.05) is 20.1 Å². The van der Waals surface area contributed by atoms with Crippen LogP contribution < -0.4 is 10.6 Å². The summed E-state index contributed by atoms with van der Waals surface area (Å²) in [7, 11) is 1.90. The van der Waals surface area contributed by atoms with Crippen molar-refractivity contribution in [3.05, 3.63) is 34.9 Å². The summed E-state index contributed by atoms with van der Waals surface area (Å²) in [6.45, 7) is 6.60. The van der Waals surface area contributed by atoms with Gasteiger partial charge in [0.1, 0.15) is 6.04 Å². The number of imide groups is 2. The molecule has 3 rings (SSSR count). The van der Waals surface area contributed by atoms with Gasteiger partial charge >= 0.3 is 0 Å². The van der Waals surface area contributed by atoms with Crippen molar-refractivity contribution in [3.63, 3.8) is 0 Å². The van der Waals surface area contributed by atoms with Gasteiger partial charge in [0.2, 0.25) is 11.8 Å². The fraction of sp³-hybridized carbons (Fsp3) is 0.500. The molecule has 2 aliphatic heterocycles. The second-order valence-corrected chi connectivity index (χ2v) is 7.49. The summed E-state index contributed by atoms with van der Waals surface area (Å²) >= 11 is 0. The smallest absolute Gasteiger partial charge is 0.262 e.